The summed E-state index contributed by atoms with van der Waals surface area (Å²) in [6, 6.07) is 0.364. The number of rotatable bonds is 5. The van der Waals surface area contributed by atoms with E-state index in [1.54, 1.807) is 0 Å². The molecule has 0 spiro atoms. The molecular weight excluding hydrogens is 288 g/mol. The molecule has 0 fully saturated rings. The molecule has 23 heavy (non-hydrogen) atoms. The van der Waals surface area contributed by atoms with Gasteiger partial charge in [0.25, 0.3) is 0 Å². The van der Waals surface area contributed by atoms with E-state index in [1.165, 1.54) is 6.42 Å². The van der Waals surface area contributed by atoms with Gasteiger partial charge in [0.2, 0.25) is 0 Å². The molecule has 1 aliphatic heterocycles. The molecule has 2 rings (SSSR count). The lowest BCUT2D eigenvalue weighted by Crippen LogP contribution is -2.47. The van der Waals surface area contributed by atoms with E-state index >= 15 is 0 Å². The average Bonchev–Trinajstić information content (AvgIpc) is 2.91. The van der Waals surface area contributed by atoms with Gasteiger partial charge in [-0.15, -0.1) is 0 Å². The Morgan fingerprint density at radius 3 is 2.83 bits per heavy atom. The molecule has 1 unspecified atom stereocenters. The number of nitrogens with one attached hydrogen (secondary N) is 2. The fourth-order valence-electron chi connectivity index (χ4n) is 2.84. The van der Waals surface area contributed by atoms with Crippen molar-refractivity contribution >= 4 is 5.96 Å². The van der Waals surface area contributed by atoms with Crippen LogP contribution in [0.15, 0.2) is 4.99 Å². The van der Waals surface area contributed by atoms with Gasteiger partial charge in [-0.1, -0.05) is 27.7 Å². The number of nitrogens with zero attached hydrogens (tertiary/aromatic N) is 4. The molecule has 2 heterocycles. The fraction of sp³-hybridized carbons (Fsp3) is 0.824. The van der Waals surface area contributed by atoms with Crippen molar-refractivity contribution in [2.24, 2.45) is 10.4 Å². The largest absolute Gasteiger partial charge is 0.356 e. The van der Waals surface area contributed by atoms with Crippen LogP contribution in [0.5, 0.6) is 0 Å². The molecule has 0 aromatic carbocycles. The number of aryl methyl sites for hydroxylation is 2. The second-order valence-electron chi connectivity index (χ2n) is 7.52. The van der Waals surface area contributed by atoms with Gasteiger partial charge in [-0.05, 0) is 24.7 Å². The Morgan fingerprint density at radius 2 is 2.17 bits per heavy atom. The predicted molar refractivity (Wildman–Crippen MR) is 94.7 cm³/mol. The van der Waals surface area contributed by atoms with Gasteiger partial charge in [0, 0.05) is 32.5 Å². The second kappa shape index (κ2) is 7.79. The summed E-state index contributed by atoms with van der Waals surface area (Å²) in [5.41, 5.74) is 0.391. The maximum Gasteiger partial charge on any atom is 0.191 e. The molecule has 6 heteroatoms. The highest BCUT2D eigenvalue weighted by atomic mass is 15.4. The van der Waals surface area contributed by atoms with Crippen molar-refractivity contribution in [2.75, 3.05) is 13.6 Å². The first-order chi connectivity index (χ1) is 10.9. The second-order valence-corrected chi connectivity index (χ2v) is 7.52. The van der Waals surface area contributed by atoms with Gasteiger partial charge >= 0.3 is 0 Å². The van der Waals surface area contributed by atoms with Gasteiger partial charge in [0.05, 0.1) is 6.54 Å². The van der Waals surface area contributed by atoms with Gasteiger partial charge in [0.15, 0.2) is 11.8 Å². The predicted octanol–water partition coefficient (Wildman–Crippen LogP) is 2.15. The summed E-state index contributed by atoms with van der Waals surface area (Å²) in [5, 5.41) is 11.5. The van der Waals surface area contributed by atoms with Gasteiger partial charge in [0.1, 0.15) is 5.82 Å². The summed E-state index contributed by atoms with van der Waals surface area (Å²) < 4.78 is 2.05. The van der Waals surface area contributed by atoms with Crippen LogP contribution in [-0.2, 0) is 19.4 Å². The van der Waals surface area contributed by atoms with E-state index in [0.717, 1.165) is 56.4 Å². The minimum Gasteiger partial charge on any atom is -0.356 e. The Kier molecular flexibility index (Phi) is 6.02. The molecule has 130 valence electrons. The summed E-state index contributed by atoms with van der Waals surface area (Å²) in [5.74, 6) is 2.96. The summed E-state index contributed by atoms with van der Waals surface area (Å²) in [4.78, 5) is 8.91. The molecule has 0 radical (unpaired) electrons. The van der Waals surface area contributed by atoms with Crippen LogP contribution < -0.4 is 10.6 Å². The number of fused-ring (bicyclic) bond motifs is 1. The van der Waals surface area contributed by atoms with Crippen LogP contribution in [0.3, 0.4) is 0 Å². The quantitative estimate of drug-likeness (QED) is 0.495. The number of aromatic nitrogens is 3. The summed E-state index contributed by atoms with van der Waals surface area (Å²) in [7, 11) is 1.83. The molecule has 6 nitrogen and oxygen atoms in total. The Bertz CT molecular complexity index is 526. The maximum absolute atomic E-state index is 4.56. The van der Waals surface area contributed by atoms with Crippen molar-refractivity contribution in [1.82, 2.24) is 25.4 Å². The molecule has 1 atom stereocenters. The lowest BCUT2D eigenvalue weighted by atomic mass is 9.91. The first-order valence-corrected chi connectivity index (χ1v) is 8.81. The molecule has 0 amide bonds. The summed E-state index contributed by atoms with van der Waals surface area (Å²) in [6.45, 7) is 10.8. The van der Waals surface area contributed by atoms with Crippen LogP contribution in [-0.4, -0.2) is 40.4 Å². The third kappa shape index (κ3) is 5.52. The highest BCUT2D eigenvalue weighted by Gasteiger charge is 2.22. The number of hydrogen-bond donors (Lipinski definition) is 2. The van der Waals surface area contributed by atoms with E-state index in [0.29, 0.717) is 11.5 Å². The van der Waals surface area contributed by atoms with Gasteiger partial charge in [-0.3, -0.25) is 4.99 Å². The highest BCUT2D eigenvalue weighted by Crippen LogP contribution is 2.19. The van der Waals surface area contributed by atoms with Gasteiger partial charge < -0.3 is 10.6 Å². The van der Waals surface area contributed by atoms with E-state index in [-0.39, 0.29) is 0 Å². The van der Waals surface area contributed by atoms with Crippen molar-refractivity contribution in [3.8, 4) is 0 Å². The molecule has 2 N–H and O–H groups in total. The van der Waals surface area contributed by atoms with Crippen molar-refractivity contribution in [2.45, 2.75) is 72.4 Å². The Balaban J connectivity index is 1.79. The molecule has 0 bridgehead atoms. The first kappa shape index (κ1) is 17.8. The normalized spacial score (nSPS) is 18.7. The topological polar surface area (TPSA) is 67.1 Å². The molecule has 0 aliphatic carbocycles. The van der Waals surface area contributed by atoms with Crippen molar-refractivity contribution in [1.29, 1.82) is 0 Å². The minimum absolute atomic E-state index is 0.364. The van der Waals surface area contributed by atoms with Crippen LogP contribution in [0, 0.1) is 5.41 Å². The highest BCUT2D eigenvalue weighted by molar-refractivity contribution is 5.79. The SMILES string of the molecule is CCc1nc2n(n1)CC(NC(=NC)NCCCC(C)(C)C)CC2. The third-order valence-corrected chi connectivity index (χ3v) is 4.18. The minimum atomic E-state index is 0.364. The van der Waals surface area contributed by atoms with Crippen molar-refractivity contribution in [3.05, 3.63) is 11.6 Å². The number of hydrogen-bond acceptors (Lipinski definition) is 3. The summed E-state index contributed by atoms with van der Waals surface area (Å²) in [6.07, 6.45) is 5.32. The fourth-order valence-corrected chi connectivity index (χ4v) is 2.84. The van der Waals surface area contributed by atoms with Crippen LogP contribution in [0.1, 0.15) is 58.6 Å². The summed E-state index contributed by atoms with van der Waals surface area (Å²) >= 11 is 0. The Morgan fingerprint density at radius 1 is 1.39 bits per heavy atom. The number of aliphatic imine (C=N–C) groups is 1. The smallest absolute Gasteiger partial charge is 0.191 e. The molecule has 1 aliphatic rings. The molecule has 0 saturated carbocycles. The van der Waals surface area contributed by atoms with Crippen molar-refractivity contribution < 1.29 is 0 Å². The lowest BCUT2D eigenvalue weighted by Gasteiger charge is -2.25. The lowest BCUT2D eigenvalue weighted by molar-refractivity contribution is 0.363. The van der Waals surface area contributed by atoms with E-state index in [9.17, 15) is 0 Å². The van der Waals surface area contributed by atoms with E-state index in [1.807, 2.05) is 11.7 Å². The maximum atomic E-state index is 4.56. The van der Waals surface area contributed by atoms with Gasteiger partial charge in [-0.2, -0.15) is 5.10 Å². The van der Waals surface area contributed by atoms with Crippen LogP contribution in [0.4, 0.5) is 0 Å². The van der Waals surface area contributed by atoms with Crippen LogP contribution in [0.2, 0.25) is 0 Å². The van der Waals surface area contributed by atoms with Crippen LogP contribution in [0.25, 0.3) is 0 Å². The molecule has 1 aromatic rings. The zero-order chi connectivity index (χ0) is 16.9. The van der Waals surface area contributed by atoms with Gasteiger partial charge in [-0.25, -0.2) is 9.67 Å². The molecular formula is C17H32N6. The van der Waals surface area contributed by atoms with E-state index < -0.39 is 0 Å². The van der Waals surface area contributed by atoms with E-state index in [4.69, 9.17) is 0 Å². The Labute approximate surface area is 140 Å². The first-order valence-electron chi connectivity index (χ1n) is 8.81. The zero-order valence-electron chi connectivity index (χ0n) is 15.3. The average molecular weight is 320 g/mol. The van der Waals surface area contributed by atoms with Crippen LogP contribution >= 0.6 is 0 Å². The standard InChI is InChI=1S/C17H32N6/c1-6-14-21-15-9-8-13(12-23(15)22-14)20-16(18-5)19-11-7-10-17(2,3)4/h13H,6-12H2,1-5H3,(H2,18,19,20). The molecule has 1 aromatic heterocycles. The monoisotopic (exact) mass is 320 g/mol. The molecule has 0 saturated heterocycles. The Hall–Kier alpha value is -1.59. The zero-order valence-corrected chi connectivity index (χ0v) is 15.3. The third-order valence-electron chi connectivity index (χ3n) is 4.18. The van der Waals surface area contributed by atoms with E-state index in [2.05, 4.69) is 53.4 Å². The van der Waals surface area contributed by atoms with Crippen molar-refractivity contribution in [3.63, 3.8) is 0 Å². The number of guanidine groups is 1.